The van der Waals surface area contributed by atoms with Crippen LogP contribution in [0, 0.1) is 0 Å². The number of methoxy groups -OCH3 is 1. The van der Waals surface area contributed by atoms with Crippen molar-refractivity contribution in [1.82, 2.24) is 0 Å². The Hall–Kier alpha value is -1.22. The molecule has 0 bridgehead atoms. The third-order valence-corrected chi connectivity index (χ3v) is 1.90. The highest BCUT2D eigenvalue weighted by atomic mass is 35.5. The first-order valence-electron chi connectivity index (χ1n) is 4.21. The van der Waals surface area contributed by atoms with Gasteiger partial charge in [-0.3, -0.25) is 0 Å². The molecule has 0 spiro atoms. The maximum absolute atomic E-state index is 10.5. The average molecular weight is 215 g/mol. The van der Waals surface area contributed by atoms with E-state index >= 15 is 0 Å². The van der Waals surface area contributed by atoms with Crippen LogP contribution < -0.4 is 9.47 Å². The molecule has 3 nitrogen and oxygen atoms in total. The molecule has 0 N–H and O–H groups in total. The molecule has 76 valence electrons. The minimum Gasteiger partial charge on any atom is -0.493 e. The van der Waals surface area contributed by atoms with Crippen molar-refractivity contribution in [2.45, 2.75) is 13.3 Å². The number of carbonyl (C=O) groups excluding carboxylic acids is 1. The van der Waals surface area contributed by atoms with Crippen LogP contribution in [-0.2, 0) is 6.42 Å². The van der Waals surface area contributed by atoms with Crippen molar-refractivity contribution in [3.05, 3.63) is 23.8 Å². The van der Waals surface area contributed by atoms with Gasteiger partial charge in [0.05, 0.1) is 7.11 Å². The lowest BCUT2D eigenvalue weighted by molar-refractivity contribution is 0.223. The molecule has 4 heteroatoms. The second kappa shape index (κ2) is 4.86. The maximum atomic E-state index is 10.5. The van der Waals surface area contributed by atoms with Gasteiger partial charge in [0.1, 0.15) is 0 Å². The van der Waals surface area contributed by atoms with E-state index in [9.17, 15) is 4.79 Å². The van der Waals surface area contributed by atoms with E-state index in [1.807, 2.05) is 19.1 Å². The monoisotopic (exact) mass is 214 g/mol. The summed E-state index contributed by atoms with van der Waals surface area (Å²) in [5.74, 6) is 0.850. The van der Waals surface area contributed by atoms with E-state index in [1.54, 1.807) is 6.07 Å². The highest BCUT2D eigenvalue weighted by molar-refractivity contribution is 6.61. The van der Waals surface area contributed by atoms with Crippen LogP contribution in [-0.4, -0.2) is 12.5 Å². The number of benzene rings is 1. The fraction of sp³-hybridized carbons (Fsp3) is 0.300. The minimum atomic E-state index is -0.868. The third-order valence-electron chi connectivity index (χ3n) is 1.83. The summed E-state index contributed by atoms with van der Waals surface area (Å²) in [6.07, 6.45) is 0.894. The van der Waals surface area contributed by atoms with Gasteiger partial charge < -0.3 is 9.47 Å². The number of rotatable bonds is 3. The molecule has 0 fully saturated rings. The Balaban J connectivity index is 2.98. The molecule has 0 radical (unpaired) electrons. The molecule has 1 rings (SSSR count). The molecule has 0 aliphatic carbocycles. The van der Waals surface area contributed by atoms with E-state index < -0.39 is 5.43 Å². The van der Waals surface area contributed by atoms with Crippen LogP contribution in [0.15, 0.2) is 18.2 Å². The van der Waals surface area contributed by atoms with Gasteiger partial charge >= 0.3 is 5.43 Å². The van der Waals surface area contributed by atoms with Crippen LogP contribution in [0.1, 0.15) is 12.5 Å². The summed E-state index contributed by atoms with van der Waals surface area (Å²) >= 11 is 5.10. The van der Waals surface area contributed by atoms with Gasteiger partial charge in [0.15, 0.2) is 11.5 Å². The van der Waals surface area contributed by atoms with Crippen molar-refractivity contribution in [2.75, 3.05) is 7.11 Å². The van der Waals surface area contributed by atoms with E-state index in [4.69, 9.17) is 21.1 Å². The normalized spacial score (nSPS) is 9.64. The summed E-state index contributed by atoms with van der Waals surface area (Å²) < 4.78 is 9.79. The van der Waals surface area contributed by atoms with Gasteiger partial charge in [-0.1, -0.05) is 13.0 Å². The predicted molar refractivity (Wildman–Crippen MR) is 54.2 cm³/mol. The highest BCUT2D eigenvalue weighted by Gasteiger charge is 2.07. The lowest BCUT2D eigenvalue weighted by Gasteiger charge is -2.08. The Labute approximate surface area is 87.6 Å². The zero-order chi connectivity index (χ0) is 10.6. The van der Waals surface area contributed by atoms with E-state index in [0.717, 1.165) is 12.0 Å². The van der Waals surface area contributed by atoms with Crippen molar-refractivity contribution >= 4 is 17.0 Å². The first kappa shape index (κ1) is 10.9. The first-order valence-corrected chi connectivity index (χ1v) is 4.59. The summed E-state index contributed by atoms with van der Waals surface area (Å²) in [5.41, 5.74) is 0.240. The number of aryl methyl sites for hydroxylation is 1. The Morgan fingerprint density at radius 3 is 2.64 bits per heavy atom. The quantitative estimate of drug-likeness (QED) is 0.726. The third kappa shape index (κ3) is 2.64. The van der Waals surface area contributed by atoms with E-state index in [1.165, 1.54) is 7.11 Å². The molecule has 0 atom stereocenters. The SMILES string of the molecule is CCc1ccc(OC(=O)Cl)c(OC)c1. The van der Waals surface area contributed by atoms with Gasteiger partial charge in [0, 0.05) is 11.6 Å². The zero-order valence-electron chi connectivity index (χ0n) is 8.04. The van der Waals surface area contributed by atoms with Gasteiger partial charge in [-0.15, -0.1) is 0 Å². The van der Waals surface area contributed by atoms with Gasteiger partial charge in [0.2, 0.25) is 0 Å². The van der Waals surface area contributed by atoms with Crippen LogP contribution in [0.25, 0.3) is 0 Å². The second-order valence-electron chi connectivity index (χ2n) is 2.68. The standard InChI is InChI=1S/C10H11ClO3/c1-3-7-4-5-8(14-10(11)12)9(6-7)13-2/h4-6H,3H2,1-2H3. The average Bonchev–Trinajstić information content (AvgIpc) is 2.17. The second-order valence-corrected chi connectivity index (χ2v) is 2.99. The van der Waals surface area contributed by atoms with E-state index in [-0.39, 0.29) is 0 Å². The topological polar surface area (TPSA) is 35.5 Å². The molecule has 0 saturated carbocycles. The largest absolute Gasteiger partial charge is 0.493 e. The molecular weight excluding hydrogens is 204 g/mol. The van der Waals surface area contributed by atoms with Crippen molar-refractivity contribution in [1.29, 1.82) is 0 Å². The van der Waals surface area contributed by atoms with Crippen molar-refractivity contribution in [2.24, 2.45) is 0 Å². The predicted octanol–water partition coefficient (Wildman–Crippen LogP) is 3.00. The summed E-state index contributed by atoms with van der Waals surface area (Å²) in [4.78, 5) is 10.5. The lowest BCUT2D eigenvalue weighted by atomic mass is 10.1. The molecule has 0 aliphatic heterocycles. The van der Waals surface area contributed by atoms with Gasteiger partial charge in [-0.25, -0.2) is 4.79 Å². The van der Waals surface area contributed by atoms with E-state index in [0.29, 0.717) is 11.5 Å². The van der Waals surface area contributed by atoms with Crippen LogP contribution in [0.3, 0.4) is 0 Å². The molecule has 0 saturated heterocycles. The number of hydrogen-bond acceptors (Lipinski definition) is 3. The molecule has 0 unspecified atom stereocenters. The summed E-state index contributed by atoms with van der Waals surface area (Å²) in [7, 11) is 1.51. The maximum Gasteiger partial charge on any atom is 0.409 e. The number of carbonyl (C=O) groups is 1. The summed E-state index contributed by atoms with van der Waals surface area (Å²) in [6.45, 7) is 2.03. The molecular formula is C10H11ClO3. The van der Waals surface area contributed by atoms with Crippen LogP contribution in [0.5, 0.6) is 11.5 Å². The fourth-order valence-electron chi connectivity index (χ4n) is 1.10. The lowest BCUT2D eigenvalue weighted by Crippen LogP contribution is -1.99. The number of ether oxygens (including phenoxy) is 2. The zero-order valence-corrected chi connectivity index (χ0v) is 8.80. The Kier molecular flexibility index (Phi) is 3.77. The smallest absolute Gasteiger partial charge is 0.409 e. The van der Waals surface area contributed by atoms with Gasteiger partial charge in [-0.2, -0.15) is 0 Å². The Morgan fingerprint density at radius 1 is 1.43 bits per heavy atom. The molecule has 1 aromatic carbocycles. The van der Waals surface area contributed by atoms with Crippen LogP contribution in [0.2, 0.25) is 0 Å². The van der Waals surface area contributed by atoms with Crippen LogP contribution in [0.4, 0.5) is 4.79 Å². The number of halogens is 1. The molecule has 0 aromatic heterocycles. The first-order chi connectivity index (χ1) is 6.67. The molecule has 14 heavy (non-hydrogen) atoms. The highest BCUT2D eigenvalue weighted by Crippen LogP contribution is 2.28. The van der Waals surface area contributed by atoms with Gasteiger partial charge in [0.25, 0.3) is 0 Å². The van der Waals surface area contributed by atoms with Crippen molar-refractivity contribution in [3.63, 3.8) is 0 Å². The number of hydrogen-bond donors (Lipinski definition) is 0. The fourth-order valence-corrected chi connectivity index (χ4v) is 1.19. The molecule has 0 heterocycles. The minimum absolute atomic E-state index is 0.338. The summed E-state index contributed by atoms with van der Waals surface area (Å²) in [6, 6.07) is 5.34. The summed E-state index contributed by atoms with van der Waals surface area (Å²) in [5, 5.41) is 0. The van der Waals surface area contributed by atoms with Crippen LogP contribution >= 0.6 is 11.6 Å². The van der Waals surface area contributed by atoms with Crippen molar-refractivity contribution < 1.29 is 14.3 Å². The van der Waals surface area contributed by atoms with Gasteiger partial charge in [-0.05, 0) is 24.1 Å². The molecule has 0 amide bonds. The Bertz CT molecular complexity index is 336. The Morgan fingerprint density at radius 2 is 2.14 bits per heavy atom. The molecule has 0 aliphatic rings. The van der Waals surface area contributed by atoms with Crippen molar-refractivity contribution in [3.8, 4) is 11.5 Å². The van der Waals surface area contributed by atoms with E-state index in [2.05, 4.69) is 0 Å². The molecule has 1 aromatic rings.